The quantitative estimate of drug-likeness (QED) is 0.248. The van der Waals surface area contributed by atoms with Crippen molar-refractivity contribution < 1.29 is 9.53 Å². The minimum atomic E-state index is -0.411. The molecule has 20 heavy (non-hydrogen) atoms. The average Bonchev–Trinajstić information content (AvgIpc) is 2.38. The number of carbonyl (C=O) groups is 1. The van der Waals surface area contributed by atoms with E-state index in [1.165, 1.54) is 17.8 Å². The normalized spacial score (nSPS) is 13.1. The highest BCUT2D eigenvalue weighted by Crippen LogP contribution is 2.13. The molecule has 0 aromatic rings. The number of likely N-dealkylation sites (N-methyl/N-ethyl adjacent to an activating group) is 1. The number of nitrogens with zero attached hydrogens (tertiary/aromatic N) is 1. The maximum absolute atomic E-state index is 11.4. The third kappa shape index (κ3) is 7.04. The van der Waals surface area contributed by atoms with Gasteiger partial charge in [0.1, 0.15) is 5.84 Å². The Hall–Kier alpha value is -1.69. The summed E-state index contributed by atoms with van der Waals surface area (Å²) in [5.41, 5.74) is 7.07. The highest BCUT2D eigenvalue weighted by Gasteiger charge is 2.07. The summed E-state index contributed by atoms with van der Waals surface area (Å²) in [4.78, 5) is 15.7. The van der Waals surface area contributed by atoms with Gasteiger partial charge in [-0.25, -0.2) is 9.79 Å². The fourth-order valence-corrected chi connectivity index (χ4v) is 1.45. The molecule has 3 N–H and O–H groups in total. The van der Waals surface area contributed by atoms with E-state index in [9.17, 15) is 4.79 Å². The minimum Gasteiger partial charge on any atom is -0.463 e. The summed E-state index contributed by atoms with van der Waals surface area (Å²) in [7, 11) is 0. The molecule has 0 rings (SSSR count). The maximum atomic E-state index is 11.4. The number of aliphatic imine (C=N–C) groups is 1. The Bertz CT molecular complexity index is 436. The summed E-state index contributed by atoms with van der Waals surface area (Å²) < 4.78 is 4.84. The van der Waals surface area contributed by atoms with E-state index < -0.39 is 5.97 Å². The van der Waals surface area contributed by atoms with Crippen molar-refractivity contribution in [3.63, 3.8) is 0 Å². The Labute approximate surface area is 125 Å². The summed E-state index contributed by atoms with van der Waals surface area (Å²) in [6.07, 6.45) is 4.83. The van der Waals surface area contributed by atoms with Gasteiger partial charge in [-0.2, -0.15) is 0 Å². The first-order chi connectivity index (χ1) is 9.46. The molecule has 0 saturated heterocycles. The van der Waals surface area contributed by atoms with Crippen molar-refractivity contribution in [3.8, 4) is 0 Å². The number of allylic oxidation sites excluding steroid dienone is 1. The second-order valence-corrected chi connectivity index (χ2v) is 4.65. The van der Waals surface area contributed by atoms with Gasteiger partial charge in [-0.05, 0) is 33.1 Å². The number of nitrogens with one attached hydrogen (secondary N) is 1. The van der Waals surface area contributed by atoms with Crippen LogP contribution in [-0.4, -0.2) is 31.2 Å². The van der Waals surface area contributed by atoms with E-state index in [2.05, 4.69) is 16.9 Å². The number of hydrogen-bond acceptors (Lipinski definition) is 5. The molecule has 0 aromatic carbocycles. The lowest BCUT2D eigenvalue weighted by molar-refractivity contribution is -0.137. The molecule has 0 aliphatic carbocycles. The highest BCUT2D eigenvalue weighted by molar-refractivity contribution is 8.02. The van der Waals surface area contributed by atoms with Gasteiger partial charge in [0.05, 0.1) is 11.6 Å². The van der Waals surface area contributed by atoms with Crippen molar-refractivity contribution in [3.05, 3.63) is 35.0 Å². The van der Waals surface area contributed by atoms with E-state index in [1.54, 1.807) is 19.9 Å². The fourth-order valence-electron chi connectivity index (χ4n) is 1.27. The van der Waals surface area contributed by atoms with Crippen LogP contribution >= 0.6 is 11.8 Å². The van der Waals surface area contributed by atoms with E-state index in [1.807, 2.05) is 13.2 Å². The standard InChI is InChI=1S/C14H23N3O2S/c1-6-16-14(17-11(4)20-5)12(10(3)15)8-9-13(18)19-7-2/h8-9H,4,6-7,15H2,1-3,5H3,(H,16,17)/b9-8+,12-10?. The Morgan fingerprint density at radius 1 is 1.45 bits per heavy atom. The zero-order chi connectivity index (χ0) is 15.5. The Morgan fingerprint density at radius 3 is 2.55 bits per heavy atom. The number of thioether (sulfide) groups is 1. The number of amidine groups is 1. The third-order valence-electron chi connectivity index (χ3n) is 2.17. The number of carbonyl (C=O) groups excluding carboxylic acids is 1. The number of esters is 1. The molecule has 0 heterocycles. The zero-order valence-corrected chi connectivity index (χ0v) is 13.3. The molecule has 0 aliphatic heterocycles. The first kappa shape index (κ1) is 18.3. The average molecular weight is 297 g/mol. The molecule has 0 unspecified atom stereocenters. The minimum absolute atomic E-state index is 0.335. The van der Waals surface area contributed by atoms with Gasteiger partial charge < -0.3 is 15.8 Å². The van der Waals surface area contributed by atoms with Gasteiger partial charge in [-0.1, -0.05) is 6.58 Å². The van der Waals surface area contributed by atoms with Crippen molar-refractivity contribution in [1.29, 1.82) is 0 Å². The first-order valence-corrected chi connectivity index (χ1v) is 7.55. The summed E-state index contributed by atoms with van der Waals surface area (Å²) >= 11 is 1.44. The fraction of sp³-hybridized carbons (Fsp3) is 0.429. The first-order valence-electron chi connectivity index (χ1n) is 6.33. The molecule has 6 heteroatoms. The van der Waals surface area contributed by atoms with Crippen LogP contribution in [0.5, 0.6) is 0 Å². The van der Waals surface area contributed by atoms with Crippen LogP contribution in [0.15, 0.2) is 40.0 Å². The van der Waals surface area contributed by atoms with E-state index in [0.717, 1.165) is 0 Å². The summed E-state index contributed by atoms with van der Waals surface area (Å²) in [5, 5.41) is 3.78. The van der Waals surface area contributed by atoms with Gasteiger partial charge in [0, 0.05) is 23.9 Å². The molecule has 0 aromatic heterocycles. The molecule has 0 radical (unpaired) electrons. The number of rotatable bonds is 7. The van der Waals surface area contributed by atoms with E-state index in [-0.39, 0.29) is 0 Å². The molecule has 0 saturated carbocycles. The highest BCUT2D eigenvalue weighted by atomic mass is 32.2. The maximum Gasteiger partial charge on any atom is 0.330 e. The molecule has 0 amide bonds. The lowest BCUT2D eigenvalue weighted by atomic mass is 10.1. The van der Waals surface area contributed by atoms with Gasteiger partial charge in [-0.15, -0.1) is 11.8 Å². The molecule has 0 fully saturated rings. The predicted octanol–water partition coefficient (Wildman–Crippen LogP) is 2.18. The molecule has 5 nitrogen and oxygen atoms in total. The van der Waals surface area contributed by atoms with E-state index >= 15 is 0 Å². The lowest BCUT2D eigenvalue weighted by Gasteiger charge is -2.11. The van der Waals surface area contributed by atoms with Crippen molar-refractivity contribution in [2.24, 2.45) is 10.7 Å². The van der Waals surface area contributed by atoms with Crippen molar-refractivity contribution in [1.82, 2.24) is 5.32 Å². The molecule has 0 atom stereocenters. The SMILES string of the molecule is C=C(/N=C(/NCC)C(/C=C/C(=O)OCC)=C(C)N)SC. The Kier molecular flexibility index (Phi) is 9.28. The van der Waals surface area contributed by atoms with Gasteiger partial charge in [0.2, 0.25) is 0 Å². The van der Waals surface area contributed by atoms with Crippen molar-refractivity contribution >= 4 is 23.6 Å². The Morgan fingerprint density at radius 2 is 2.10 bits per heavy atom. The third-order valence-corrected chi connectivity index (χ3v) is 2.73. The summed E-state index contributed by atoms with van der Waals surface area (Å²) in [6.45, 7) is 10.3. The van der Waals surface area contributed by atoms with Gasteiger partial charge in [0.25, 0.3) is 0 Å². The molecule has 112 valence electrons. The van der Waals surface area contributed by atoms with Crippen LogP contribution in [-0.2, 0) is 9.53 Å². The topological polar surface area (TPSA) is 76.7 Å². The van der Waals surface area contributed by atoms with Crippen LogP contribution < -0.4 is 11.1 Å². The van der Waals surface area contributed by atoms with Crippen LogP contribution in [0.25, 0.3) is 0 Å². The lowest BCUT2D eigenvalue weighted by Crippen LogP contribution is -2.26. The van der Waals surface area contributed by atoms with Gasteiger partial charge in [-0.3, -0.25) is 0 Å². The van der Waals surface area contributed by atoms with E-state index in [4.69, 9.17) is 10.5 Å². The van der Waals surface area contributed by atoms with Crippen LogP contribution in [0.3, 0.4) is 0 Å². The van der Waals surface area contributed by atoms with Crippen molar-refractivity contribution in [2.45, 2.75) is 20.8 Å². The second kappa shape index (κ2) is 10.1. The smallest absolute Gasteiger partial charge is 0.330 e. The van der Waals surface area contributed by atoms with Crippen molar-refractivity contribution in [2.75, 3.05) is 19.4 Å². The zero-order valence-electron chi connectivity index (χ0n) is 12.5. The Balaban J connectivity index is 5.33. The molecular weight excluding hydrogens is 274 g/mol. The number of ether oxygens (including phenoxy) is 1. The van der Waals surface area contributed by atoms with Gasteiger partial charge >= 0.3 is 5.97 Å². The number of hydrogen-bond donors (Lipinski definition) is 2. The summed E-state index contributed by atoms with van der Waals surface area (Å²) in [6, 6.07) is 0. The van der Waals surface area contributed by atoms with Crippen LogP contribution in [0, 0.1) is 0 Å². The monoisotopic (exact) mass is 297 g/mol. The van der Waals surface area contributed by atoms with E-state index in [0.29, 0.717) is 35.3 Å². The summed E-state index contributed by atoms with van der Waals surface area (Å²) in [5.74, 6) is 0.179. The largest absolute Gasteiger partial charge is 0.463 e. The molecular formula is C14H23N3O2S. The predicted molar refractivity (Wildman–Crippen MR) is 86.4 cm³/mol. The second-order valence-electron chi connectivity index (χ2n) is 3.77. The number of nitrogens with two attached hydrogens (primary N) is 1. The molecule has 0 bridgehead atoms. The van der Waals surface area contributed by atoms with Gasteiger partial charge in [0.15, 0.2) is 0 Å². The molecule has 0 spiro atoms. The van der Waals surface area contributed by atoms with Crippen LogP contribution in [0.2, 0.25) is 0 Å². The van der Waals surface area contributed by atoms with Crippen LogP contribution in [0.1, 0.15) is 20.8 Å². The van der Waals surface area contributed by atoms with Crippen LogP contribution in [0.4, 0.5) is 0 Å². The molecule has 0 aliphatic rings.